The van der Waals surface area contributed by atoms with Crippen LogP contribution in [0.5, 0.6) is 5.75 Å². The number of anilines is 1. The van der Waals surface area contributed by atoms with Gasteiger partial charge in [-0.3, -0.25) is 4.79 Å². The highest BCUT2D eigenvalue weighted by atomic mass is 35.5. The third-order valence-electron chi connectivity index (χ3n) is 3.07. The van der Waals surface area contributed by atoms with Crippen LogP contribution in [0, 0.1) is 11.3 Å². The minimum absolute atomic E-state index is 0.0330. The van der Waals surface area contributed by atoms with Gasteiger partial charge in [0.05, 0.1) is 23.6 Å². The van der Waals surface area contributed by atoms with Gasteiger partial charge in [0, 0.05) is 12.1 Å². The van der Waals surface area contributed by atoms with Gasteiger partial charge in [0.1, 0.15) is 17.5 Å². The molecule has 23 heavy (non-hydrogen) atoms. The number of nitrogens with zero attached hydrogens (tertiary/aromatic N) is 3. The van der Waals surface area contributed by atoms with Crippen molar-refractivity contribution < 1.29 is 9.53 Å². The van der Waals surface area contributed by atoms with Crippen molar-refractivity contribution in [1.82, 2.24) is 4.98 Å². The first-order valence-corrected chi connectivity index (χ1v) is 7.40. The molecule has 5 nitrogen and oxygen atoms in total. The zero-order valence-electron chi connectivity index (χ0n) is 13.1. The predicted octanol–water partition coefficient (Wildman–Crippen LogP) is 3.67. The van der Waals surface area contributed by atoms with Crippen LogP contribution >= 0.6 is 11.6 Å². The monoisotopic (exact) mass is 329 g/mol. The number of aromatic nitrogens is 1. The number of hydrogen-bond acceptors (Lipinski definition) is 4. The number of benzene rings is 1. The molecule has 2 aromatic rings. The lowest BCUT2D eigenvalue weighted by molar-refractivity contribution is 0.0988. The standard InChI is InChI=1S/C17H16ClN3O2/c1-11(2)23-14-6-7-15(20-10-14)17(22)21(3)16-8-13(18)5-4-12(16)9-19/h4-8,10-11H,1-3H3. The zero-order chi connectivity index (χ0) is 17.0. The van der Waals surface area contributed by atoms with E-state index in [1.165, 1.54) is 11.1 Å². The van der Waals surface area contributed by atoms with Crippen molar-refractivity contribution >= 4 is 23.2 Å². The van der Waals surface area contributed by atoms with Crippen LogP contribution in [-0.4, -0.2) is 24.0 Å². The van der Waals surface area contributed by atoms with E-state index in [0.29, 0.717) is 22.0 Å². The van der Waals surface area contributed by atoms with Crippen molar-refractivity contribution in [1.29, 1.82) is 5.26 Å². The lowest BCUT2D eigenvalue weighted by Crippen LogP contribution is -2.27. The maximum Gasteiger partial charge on any atom is 0.276 e. The van der Waals surface area contributed by atoms with Gasteiger partial charge in [0.2, 0.25) is 0 Å². The van der Waals surface area contributed by atoms with E-state index >= 15 is 0 Å². The first-order chi connectivity index (χ1) is 10.9. The van der Waals surface area contributed by atoms with Gasteiger partial charge in [-0.05, 0) is 44.2 Å². The fourth-order valence-electron chi connectivity index (χ4n) is 2.01. The summed E-state index contributed by atoms with van der Waals surface area (Å²) < 4.78 is 5.50. The molecule has 0 unspecified atom stereocenters. The zero-order valence-corrected chi connectivity index (χ0v) is 13.8. The van der Waals surface area contributed by atoms with Gasteiger partial charge >= 0.3 is 0 Å². The van der Waals surface area contributed by atoms with Crippen LogP contribution in [0.2, 0.25) is 5.02 Å². The molecule has 0 aliphatic heterocycles. The Hall–Kier alpha value is -2.58. The van der Waals surface area contributed by atoms with Crippen LogP contribution in [0.3, 0.4) is 0 Å². The van der Waals surface area contributed by atoms with Gasteiger partial charge in [0.15, 0.2) is 0 Å². The Morgan fingerprint density at radius 3 is 2.65 bits per heavy atom. The molecular formula is C17H16ClN3O2. The molecule has 0 radical (unpaired) electrons. The molecule has 1 aromatic carbocycles. The number of amides is 1. The van der Waals surface area contributed by atoms with E-state index in [4.69, 9.17) is 21.6 Å². The molecule has 0 saturated heterocycles. The first-order valence-electron chi connectivity index (χ1n) is 7.02. The van der Waals surface area contributed by atoms with Gasteiger partial charge < -0.3 is 9.64 Å². The van der Waals surface area contributed by atoms with Crippen molar-refractivity contribution in [3.8, 4) is 11.8 Å². The molecule has 1 heterocycles. The highest BCUT2D eigenvalue weighted by Gasteiger charge is 2.18. The largest absolute Gasteiger partial charge is 0.489 e. The first kappa shape index (κ1) is 16.8. The summed E-state index contributed by atoms with van der Waals surface area (Å²) in [6.07, 6.45) is 1.54. The SMILES string of the molecule is CC(C)Oc1ccc(C(=O)N(C)c2cc(Cl)ccc2C#N)nc1. The average Bonchev–Trinajstić information content (AvgIpc) is 2.53. The predicted molar refractivity (Wildman–Crippen MR) is 88.9 cm³/mol. The van der Waals surface area contributed by atoms with Gasteiger partial charge in [-0.2, -0.15) is 5.26 Å². The van der Waals surface area contributed by atoms with E-state index in [2.05, 4.69) is 4.98 Å². The summed E-state index contributed by atoms with van der Waals surface area (Å²) in [5.41, 5.74) is 1.06. The van der Waals surface area contributed by atoms with Gasteiger partial charge in [0.25, 0.3) is 5.91 Å². The van der Waals surface area contributed by atoms with Crippen molar-refractivity contribution in [2.75, 3.05) is 11.9 Å². The third kappa shape index (κ3) is 3.99. The van der Waals surface area contributed by atoms with Crippen molar-refractivity contribution in [3.05, 3.63) is 52.8 Å². The molecule has 1 amide bonds. The van der Waals surface area contributed by atoms with E-state index in [1.807, 2.05) is 19.9 Å². The second-order valence-corrected chi connectivity index (χ2v) is 5.62. The number of carbonyl (C=O) groups is 1. The number of rotatable bonds is 4. The van der Waals surface area contributed by atoms with Gasteiger partial charge in [-0.15, -0.1) is 0 Å². The smallest absolute Gasteiger partial charge is 0.276 e. The Balaban J connectivity index is 2.26. The maximum atomic E-state index is 12.5. The summed E-state index contributed by atoms with van der Waals surface area (Å²) in [6.45, 7) is 3.82. The van der Waals surface area contributed by atoms with Crippen molar-refractivity contribution in [2.45, 2.75) is 20.0 Å². The van der Waals surface area contributed by atoms with Crippen molar-refractivity contribution in [3.63, 3.8) is 0 Å². The van der Waals surface area contributed by atoms with Crippen molar-refractivity contribution in [2.24, 2.45) is 0 Å². The number of pyridine rings is 1. The second kappa shape index (κ2) is 7.12. The fraction of sp³-hybridized carbons (Fsp3) is 0.235. The fourth-order valence-corrected chi connectivity index (χ4v) is 2.17. The Kier molecular flexibility index (Phi) is 5.20. The quantitative estimate of drug-likeness (QED) is 0.858. The normalized spacial score (nSPS) is 10.3. The average molecular weight is 330 g/mol. The van der Waals surface area contributed by atoms with E-state index in [1.54, 1.807) is 37.4 Å². The molecule has 2 rings (SSSR count). The molecule has 0 N–H and O–H groups in total. The number of carbonyl (C=O) groups excluding carboxylic acids is 1. The molecule has 0 saturated carbocycles. The molecule has 0 fully saturated rings. The Bertz CT molecular complexity index is 751. The summed E-state index contributed by atoms with van der Waals surface area (Å²) in [5.74, 6) is 0.263. The molecule has 0 spiro atoms. The molecule has 1 aromatic heterocycles. The summed E-state index contributed by atoms with van der Waals surface area (Å²) in [6, 6.07) is 10.1. The lowest BCUT2D eigenvalue weighted by Gasteiger charge is -2.18. The molecule has 6 heteroatoms. The summed E-state index contributed by atoms with van der Waals surface area (Å²) in [5, 5.41) is 9.62. The second-order valence-electron chi connectivity index (χ2n) is 5.18. The Morgan fingerprint density at radius 2 is 2.09 bits per heavy atom. The Morgan fingerprint density at radius 1 is 1.35 bits per heavy atom. The number of nitriles is 1. The summed E-state index contributed by atoms with van der Waals surface area (Å²) in [7, 11) is 1.58. The number of hydrogen-bond donors (Lipinski definition) is 0. The topological polar surface area (TPSA) is 66.2 Å². The summed E-state index contributed by atoms with van der Waals surface area (Å²) in [4.78, 5) is 18.0. The van der Waals surface area contributed by atoms with E-state index in [0.717, 1.165) is 0 Å². The molecule has 0 aliphatic carbocycles. The Labute approximate surface area is 140 Å². The van der Waals surface area contributed by atoms with Crippen LogP contribution in [0.1, 0.15) is 29.9 Å². The van der Waals surface area contributed by atoms with Crippen LogP contribution in [0.4, 0.5) is 5.69 Å². The number of ether oxygens (including phenoxy) is 1. The third-order valence-corrected chi connectivity index (χ3v) is 3.31. The van der Waals surface area contributed by atoms with Crippen LogP contribution < -0.4 is 9.64 Å². The molecule has 0 atom stereocenters. The highest BCUT2D eigenvalue weighted by molar-refractivity contribution is 6.31. The van der Waals surface area contributed by atoms with E-state index in [9.17, 15) is 4.79 Å². The van der Waals surface area contributed by atoms with E-state index in [-0.39, 0.29) is 17.7 Å². The highest BCUT2D eigenvalue weighted by Crippen LogP contribution is 2.25. The molecular weight excluding hydrogens is 314 g/mol. The van der Waals surface area contributed by atoms with Crippen LogP contribution in [0.15, 0.2) is 36.5 Å². The van der Waals surface area contributed by atoms with Gasteiger partial charge in [-0.1, -0.05) is 11.6 Å². The van der Waals surface area contributed by atoms with Crippen LogP contribution in [-0.2, 0) is 0 Å². The summed E-state index contributed by atoms with van der Waals surface area (Å²) >= 11 is 5.96. The lowest BCUT2D eigenvalue weighted by atomic mass is 10.1. The minimum Gasteiger partial charge on any atom is -0.489 e. The minimum atomic E-state index is -0.333. The molecule has 0 aliphatic rings. The molecule has 118 valence electrons. The van der Waals surface area contributed by atoms with E-state index < -0.39 is 0 Å². The van der Waals surface area contributed by atoms with Crippen LogP contribution in [0.25, 0.3) is 0 Å². The molecule has 0 bridgehead atoms. The van der Waals surface area contributed by atoms with Gasteiger partial charge in [-0.25, -0.2) is 4.98 Å². The maximum absolute atomic E-state index is 12.5. The number of halogens is 1.